The molecule has 7 nitrogen and oxygen atoms in total. The molecule has 0 aliphatic carbocycles. The number of nitrogens with zero attached hydrogens (tertiary/aromatic N) is 6. The van der Waals surface area contributed by atoms with E-state index in [-0.39, 0.29) is 5.91 Å². The summed E-state index contributed by atoms with van der Waals surface area (Å²) in [7, 11) is 0. The van der Waals surface area contributed by atoms with E-state index in [2.05, 4.69) is 33.7 Å². The second-order valence-corrected chi connectivity index (χ2v) is 6.50. The van der Waals surface area contributed by atoms with Crippen LogP contribution in [0.4, 0.5) is 0 Å². The largest absolute Gasteiger partial charge is 0.333 e. The third-order valence-electron chi connectivity index (χ3n) is 4.29. The lowest BCUT2D eigenvalue weighted by atomic mass is 10.2. The van der Waals surface area contributed by atoms with E-state index in [1.807, 2.05) is 29.5 Å². The van der Waals surface area contributed by atoms with Gasteiger partial charge in [0.05, 0.1) is 12.2 Å². The standard InChI is InChI=1S/C16H24N6O/c1-11(2)16-18-17-14-10-20(7-8-21(14)16)15(23)5-6-22-13(4)9-12(3)19-22/h9,11H,5-8,10H2,1-4H3. The highest BCUT2D eigenvalue weighted by Gasteiger charge is 2.25. The van der Waals surface area contributed by atoms with Crippen molar-refractivity contribution < 1.29 is 4.79 Å². The maximum Gasteiger partial charge on any atom is 0.224 e. The molecule has 0 saturated carbocycles. The van der Waals surface area contributed by atoms with Gasteiger partial charge in [-0.15, -0.1) is 10.2 Å². The SMILES string of the molecule is Cc1cc(C)n(CCC(=O)N2CCn3c(nnc3C(C)C)C2)n1. The summed E-state index contributed by atoms with van der Waals surface area (Å²) in [5, 5.41) is 12.9. The Balaban J connectivity index is 1.62. The molecule has 0 unspecified atom stereocenters. The molecule has 3 rings (SSSR count). The molecule has 2 aromatic rings. The van der Waals surface area contributed by atoms with Gasteiger partial charge in [0.25, 0.3) is 0 Å². The zero-order valence-electron chi connectivity index (χ0n) is 14.3. The Hall–Kier alpha value is -2.18. The van der Waals surface area contributed by atoms with Gasteiger partial charge >= 0.3 is 0 Å². The first-order chi connectivity index (χ1) is 11.0. The van der Waals surface area contributed by atoms with Crippen LogP contribution in [0.25, 0.3) is 0 Å². The normalized spacial score (nSPS) is 14.4. The number of aryl methyl sites for hydroxylation is 3. The van der Waals surface area contributed by atoms with Crippen molar-refractivity contribution >= 4 is 5.91 Å². The van der Waals surface area contributed by atoms with E-state index in [9.17, 15) is 4.79 Å². The van der Waals surface area contributed by atoms with E-state index in [4.69, 9.17) is 0 Å². The highest BCUT2D eigenvalue weighted by atomic mass is 16.2. The molecule has 0 N–H and O–H groups in total. The van der Waals surface area contributed by atoms with Crippen LogP contribution in [-0.4, -0.2) is 41.9 Å². The van der Waals surface area contributed by atoms with E-state index in [0.717, 1.165) is 36.1 Å². The van der Waals surface area contributed by atoms with Crippen molar-refractivity contribution in [2.75, 3.05) is 6.54 Å². The fourth-order valence-corrected chi connectivity index (χ4v) is 3.08. The number of fused-ring (bicyclic) bond motifs is 1. The quantitative estimate of drug-likeness (QED) is 0.860. The van der Waals surface area contributed by atoms with Crippen LogP contribution in [0.5, 0.6) is 0 Å². The average molecular weight is 316 g/mol. The minimum atomic E-state index is 0.151. The Morgan fingerprint density at radius 1 is 1.26 bits per heavy atom. The molecule has 1 amide bonds. The number of amides is 1. The lowest BCUT2D eigenvalue weighted by molar-refractivity contribution is -0.133. The molecule has 124 valence electrons. The molecular weight excluding hydrogens is 292 g/mol. The highest BCUT2D eigenvalue weighted by molar-refractivity contribution is 5.76. The van der Waals surface area contributed by atoms with Gasteiger partial charge in [0, 0.05) is 37.7 Å². The molecule has 0 bridgehead atoms. The third kappa shape index (κ3) is 3.13. The van der Waals surface area contributed by atoms with Gasteiger partial charge in [-0.05, 0) is 19.9 Å². The molecule has 0 fully saturated rings. The fourth-order valence-electron chi connectivity index (χ4n) is 3.08. The molecule has 2 aromatic heterocycles. The summed E-state index contributed by atoms with van der Waals surface area (Å²) < 4.78 is 4.05. The Kier molecular flexibility index (Phi) is 4.19. The molecule has 1 aliphatic heterocycles. The number of hydrogen-bond donors (Lipinski definition) is 0. The third-order valence-corrected chi connectivity index (χ3v) is 4.29. The van der Waals surface area contributed by atoms with Crippen LogP contribution in [0, 0.1) is 13.8 Å². The van der Waals surface area contributed by atoms with Gasteiger partial charge in [-0.25, -0.2) is 0 Å². The van der Waals surface area contributed by atoms with E-state index >= 15 is 0 Å². The van der Waals surface area contributed by atoms with Gasteiger partial charge < -0.3 is 9.47 Å². The fraction of sp³-hybridized carbons (Fsp3) is 0.625. The average Bonchev–Trinajstić information content (AvgIpc) is 3.06. The predicted octanol–water partition coefficient (Wildman–Crippen LogP) is 1.65. The van der Waals surface area contributed by atoms with Gasteiger partial charge in [-0.3, -0.25) is 9.48 Å². The van der Waals surface area contributed by atoms with Gasteiger partial charge in [-0.1, -0.05) is 13.8 Å². The Morgan fingerprint density at radius 3 is 2.70 bits per heavy atom. The van der Waals surface area contributed by atoms with Crippen LogP contribution >= 0.6 is 0 Å². The highest BCUT2D eigenvalue weighted by Crippen LogP contribution is 2.18. The van der Waals surface area contributed by atoms with Crippen LogP contribution in [0.15, 0.2) is 6.07 Å². The van der Waals surface area contributed by atoms with Crippen LogP contribution in [0.2, 0.25) is 0 Å². The number of carbonyl (C=O) groups is 1. The van der Waals surface area contributed by atoms with Gasteiger partial charge in [0.15, 0.2) is 5.82 Å². The predicted molar refractivity (Wildman–Crippen MR) is 85.8 cm³/mol. The molecular formula is C16H24N6O. The van der Waals surface area contributed by atoms with Crippen molar-refractivity contribution in [3.05, 3.63) is 29.1 Å². The second kappa shape index (κ2) is 6.14. The summed E-state index contributed by atoms with van der Waals surface area (Å²) >= 11 is 0. The Morgan fingerprint density at radius 2 is 2.04 bits per heavy atom. The first kappa shape index (κ1) is 15.7. The van der Waals surface area contributed by atoms with Gasteiger partial charge in [-0.2, -0.15) is 5.10 Å². The van der Waals surface area contributed by atoms with Crippen LogP contribution in [0.3, 0.4) is 0 Å². The van der Waals surface area contributed by atoms with Gasteiger partial charge in [0.1, 0.15) is 5.82 Å². The lowest BCUT2D eigenvalue weighted by Crippen LogP contribution is -2.39. The summed E-state index contributed by atoms with van der Waals surface area (Å²) in [6.45, 7) is 10.9. The van der Waals surface area contributed by atoms with Crippen molar-refractivity contribution in [2.24, 2.45) is 0 Å². The van der Waals surface area contributed by atoms with Crippen molar-refractivity contribution in [1.82, 2.24) is 29.4 Å². The van der Waals surface area contributed by atoms with E-state index in [1.165, 1.54) is 0 Å². The Labute approximate surface area is 136 Å². The molecule has 0 atom stereocenters. The molecule has 23 heavy (non-hydrogen) atoms. The molecule has 7 heteroatoms. The Bertz CT molecular complexity index is 714. The van der Waals surface area contributed by atoms with Gasteiger partial charge in [0.2, 0.25) is 5.91 Å². The topological polar surface area (TPSA) is 68.8 Å². The van der Waals surface area contributed by atoms with Crippen molar-refractivity contribution in [1.29, 1.82) is 0 Å². The molecule has 0 saturated heterocycles. The monoisotopic (exact) mass is 316 g/mol. The maximum atomic E-state index is 12.5. The summed E-state index contributed by atoms with van der Waals surface area (Å²) in [4.78, 5) is 14.3. The van der Waals surface area contributed by atoms with E-state index in [0.29, 0.717) is 25.4 Å². The first-order valence-electron chi connectivity index (χ1n) is 8.16. The van der Waals surface area contributed by atoms with E-state index < -0.39 is 0 Å². The van der Waals surface area contributed by atoms with Crippen molar-refractivity contribution in [2.45, 2.75) is 59.7 Å². The number of carbonyl (C=O) groups excluding carboxylic acids is 1. The van der Waals surface area contributed by atoms with Crippen LogP contribution in [-0.2, 0) is 24.4 Å². The summed E-state index contributed by atoms with van der Waals surface area (Å²) in [6.07, 6.45) is 0.465. The minimum absolute atomic E-state index is 0.151. The number of rotatable bonds is 4. The molecule has 0 radical (unpaired) electrons. The smallest absolute Gasteiger partial charge is 0.224 e. The number of hydrogen-bond acceptors (Lipinski definition) is 4. The van der Waals surface area contributed by atoms with Crippen LogP contribution in [0.1, 0.15) is 49.2 Å². The maximum absolute atomic E-state index is 12.5. The van der Waals surface area contributed by atoms with Crippen LogP contribution < -0.4 is 0 Å². The molecule has 1 aliphatic rings. The molecule has 3 heterocycles. The van der Waals surface area contributed by atoms with Crippen molar-refractivity contribution in [3.63, 3.8) is 0 Å². The second-order valence-electron chi connectivity index (χ2n) is 6.50. The summed E-state index contributed by atoms with van der Waals surface area (Å²) in [5.41, 5.74) is 2.08. The zero-order chi connectivity index (χ0) is 16.6. The molecule has 0 spiro atoms. The first-order valence-corrected chi connectivity index (χ1v) is 8.16. The summed E-state index contributed by atoms with van der Waals surface area (Å²) in [5.74, 6) is 2.40. The van der Waals surface area contributed by atoms with Crippen molar-refractivity contribution in [3.8, 4) is 0 Å². The van der Waals surface area contributed by atoms with E-state index in [1.54, 1.807) is 0 Å². The molecule has 0 aromatic carbocycles. The minimum Gasteiger partial charge on any atom is -0.333 e. The summed E-state index contributed by atoms with van der Waals surface area (Å²) in [6, 6.07) is 2.03. The lowest BCUT2D eigenvalue weighted by Gasteiger charge is -2.28. The zero-order valence-corrected chi connectivity index (χ0v) is 14.3. The number of aromatic nitrogens is 5.